The van der Waals surface area contributed by atoms with E-state index in [-0.39, 0.29) is 5.41 Å². The number of methoxy groups -OCH3 is 1. The number of ether oxygens (including phenoxy) is 1. The third-order valence-corrected chi connectivity index (χ3v) is 2.13. The van der Waals surface area contributed by atoms with Crippen molar-refractivity contribution in [2.75, 3.05) is 7.11 Å². The smallest absolute Gasteiger partial charge is 0.0713 e. The molecule has 1 heteroatoms. The summed E-state index contributed by atoms with van der Waals surface area (Å²) in [6.07, 6.45) is 0. The van der Waals surface area contributed by atoms with Gasteiger partial charge in [-0.1, -0.05) is 45.0 Å². The molecular weight excluding hydrogens is 160 g/mol. The van der Waals surface area contributed by atoms with Crippen LogP contribution in [-0.4, -0.2) is 7.11 Å². The zero-order valence-corrected chi connectivity index (χ0v) is 8.92. The normalized spacial score (nSPS) is 11.7. The van der Waals surface area contributed by atoms with Crippen molar-refractivity contribution in [3.8, 4) is 0 Å². The molecule has 1 aromatic rings. The molecule has 0 aliphatic heterocycles. The maximum absolute atomic E-state index is 5.05. The lowest BCUT2D eigenvalue weighted by Gasteiger charge is -2.19. The van der Waals surface area contributed by atoms with Gasteiger partial charge < -0.3 is 4.74 Å². The summed E-state index contributed by atoms with van der Waals surface area (Å²) in [4.78, 5) is 0. The fourth-order valence-electron chi connectivity index (χ4n) is 1.27. The van der Waals surface area contributed by atoms with Crippen LogP contribution < -0.4 is 0 Å². The van der Waals surface area contributed by atoms with E-state index in [4.69, 9.17) is 4.74 Å². The summed E-state index contributed by atoms with van der Waals surface area (Å²) in [5, 5.41) is 0. The van der Waals surface area contributed by atoms with Crippen molar-refractivity contribution in [1.82, 2.24) is 0 Å². The summed E-state index contributed by atoms with van der Waals surface area (Å²) in [6.45, 7) is 7.36. The largest absolute Gasteiger partial charge is 0.380 e. The average Bonchev–Trinajstić information content (AvgIpc) is 2.04. The van der Waals surface area contributed by atoms with Crippen LogP contribution in [0.2, 0.25) is 0 Å². The molecule has 0 radical (unpaired) electrons. The van der Waals surface area contributed by atoms with E-state index in [9.17, 15) is 0 Å². The van der Waals surface area contributed by atoms with E-state index in [1.54, 1.807) is 7.11 Å². The van der Waals surface area contributed by atoms with Gasteiger partial charge in [-0.25, -0.2) is 0 Å². The number of benzene rings is 1. The minimum atomic E-state index is 0.242. The van der Waals surface area contributed by atoms with Crippen molar-refractivity contribution in [2.45, 2.75) is 32.8 Å². The number of hydrogen-bond acceptors (Lipinski definition) is 1. The van der Waals surface area contributed by atoms with Crippen LogP contribution in [-0.2, 0) is 16.8 Å². The molecule has 0 atom stereocenters. The summed E-state index contributed by atoms with van der Waals surface area (Å²) in [7, 11) is 1.72. The molecule has 1 nitrogen and oxygen atoms in total. The molecular formula is C12H18O. The second-order valence-electron chi connectivity index (χ2n) is 4.38. The fraction of sp³-hybridized carbons (Fsp3) is 0.500. The van der Waals surface area contributed by atoms with Crippen LogP contribution in [0.1, 0.15) is 31.9 Å². The Morgan fingerprint density at radius 3 is 2.00 bits per heavy atom. The molecule has 0 spiro atoms. The van der Waals surface area contributed by atoms with E-state index < -0.39 is 0 Å². The number of rotatable bonds is 2. The van der Waals surface area contributed by atoms with Gasteiger partial charge in [0.15, 0.2) is 0 Å². The van der Waals surface area contributed by atoms with Gasteiger partial charge in [-0.05, 0) is 16.5 Å². The molecule has 1 rings (SSSR count). The second-order valence-corrected chi connectivity index (χ2v) is 4.38. The lowest BCUT2D eigenvalue weighted by atomic mass is 9.87. The standard InChI is InChI=1S/C12H18O/c1-12(2,3)11-7-5-10(6-8-11)9-13-4/h5-8H,9H2,1-4H3. The quantitative estimate of drug-likeness (QED) is 0.676. The predicted octanol–water partition coefficient (Wildman–Crippen LogP) is 3.13. The third kappa shape index (κ3) is 2.85. The summed E-state index contributed by atoms with van der Waals surface area (Å²) in [6, 6.07) is 8.61. The van der Waals surface area contributed by atoms with Gasteiger partial charge in [-0.2, -0.15) is 0 Å². The second kappa shape index (κ2) is 3.93. The van der Waals surface area contributed by atoms with Crippen molar-refractivity contribution in [3.63, 3.8) is 0 Å². The lowest BCUT2D eigenvalue weighted by Crippen LogP contribution is -2.10. The summed E-state index contributed by atoms with van der Waals surface area (Å²) in [5.74, 6) is 0. The summed E-state index contributed by atoms with van der Waals surface area (Å²) >= 11 is 0. The molecule has 0 heterocycles. The average molecular weight is 178 g/mol. The van der Waals surface area contributed by atoms with Crippen molar-refractivity contribution in [3.05, 3.63) is 35.4 Å². The molecule has 0 fully saturated rings. The first-order valence-electron chi connectivity index (χ1n) is 4.62. The maximum atomic E-state index is 5.05. The van der Waals surface area contributed by atoms with Crippen LogP contribution in [0.25, 0.3) is 0 Å². The van der Waals surface area contributed by atoms with E-state index in [1.807, 2.05) is 0 Å². The van der Waals surface area contributed by atoms with Gasteiger partial charge in [-0.3, -0.25) is 0 Å². The Hall–Kier alpha value is -0.820. The highest BCUT2D eigenvalue weighted by Gasteiger charge is 2.12. The Bertz CT molecular complexity index is 253. The van der Waals surface area contributed by atoms with E-state index in [1.165, 1.54) is 11.1 Å². The van der Waals surface area contributed by atoms with Gasteiger partial charge in [0.2, 0.25) is 0 Å². The SMILES string of the molecule is COCc1ccc(C(C)(C)C)cc1. The fourth-order valence-corrected chi connectivity index (χ4v) is 1.27. The van der Waals surface area contributed by atoms with Crippen LogP contribution in [0.15, 0.2) is 24.3 Å². The van der Waals surface area contributed by atoms with Crippen LogP contribution in [0.5, 0.6) is 0 Å². The van der Waals surface area contributed by atoms with Crippen molar-refractivity contribution >= 4 is 0 Å². The van der Waals surface area contributed by atoms with Crippen LogP contribution in [0, 0.1) is 0 Å². The van der Waals surface area contributed by atoms with Gasteiger partial charge >= 0.3 is 0 Å². The molecule has 72 valence electrons. The van der Waals surface area contributed by atoms with E-state index in [0.717, 1.165) is 0 Å². The highest BCUT2D eigenvalue weighted by atomic mass is 16.5. The first kappa shape index (κ1) is 10.3. The van der Waals surface area contributed by atoms with Gasteiger partial charge in [0, 0.05) is 7.11 Å². The van der Waals surface area contributed by atoms with Crippen LogP contribution in [0.3, 0.4) is 0 Å². The summed E-state index contributed by atoms with van der Waals surface area (Å²) < 4.78 is 5.05. The molecule has 0 aromatic heterocycles. The molecule has 0 unspecified atom stereocenters. The molecule has 0 amide bonds. The first-order valence-corrected chi connectivity index (χ1v) is 4.62. The van der Waals surface area contributed by atoms with Crippen LogP contribution in [0.4, 0.5) is 0 Å². The first-order chi connectivity index (χ1) is 6.04. The zero-order chi connectivity index (χ0) is 9.90. The van der Waals surface area contributed by atoms with Crippen LogP contribution >= 0.6 is 0 Å². The summed E-state index contributed by atoms with van der Waals surface area (Å²) in [5.41, 5.74) is 2.84. The van der Waals surface area contributed by atoms with Crippen molar-refractivity contribution in [2.24, 2.45) is 0 Å². The molecule has 0 bridgehead atoms. The zero-order valence-electron chi connectivity index (χ0n) is 8.92. The minimum Gasteiger partial charge on any atom is -0.380 e. The molecule has 0 aliphatic carbocycles. The topological polar surface area (TPSA) is 9.23 Å². The van der Waals surface area contributed by atoms with E-state index in [0.29, 0.717) is 6.61 Å². The van der Waals surface area contributed by atoms with Gasteiger partial charge in [0.25, 0.3) is 0 Å². The molecule has 13 heavy (non-hydrogen) atoms. The third-order valence-electron chi connectivity index (χ3n) is 2.13. The van der Waals surface area contributed by atoms with Crippen molar-refractivity contribution in [1.29, 1.82) is 0 Å². The van der Waals surface area contributed by atoms with Gasteiger partial charge in [0.1, 0.15) is 0 Å². The molecule has 0 saturated carbocycles. The Labute approximate surface area is 80.7 Å². The molecule has 0 N–H and O–H groups in total. The lowest BCUT2D eigenvalue weighted by molar-refractivity contribution is 0.185. The Morgan fingerprint density at radius 1 is 1.08 bits per heavy atom. The van der Waals surface area contributed by atoms with Crippen molar-refractivity contribution < 1.29 is 4.74 Å². The maximum Gasteiger partial charge on any atom is 0.0713 e. The highest BCUT2D eigenvalue weighted by molar-refractivity contribution is 5.27. The van der Waals surface area contributed by atoms with Gasteiger partial charge in [-0.15, -0.1) is 0 Å². The Morgan fingerprint density at radius 2 is 1.62 bits per heavy atom. The Balaban J connectivity index is 2.81. The number of hydrogen-bond donors (Lipinski definition) is 0. The van der Waals surface area contributed by atoms with E-state index in [2.05, 4.69) is 45.0 Å². The highest BCUT2D eigenvalue weighted by Crippen LogP contribution is 2.22. The molecule has 1 aromatic carbocycles. The molecule has 0 aliphatic rings. The van der Waals surface area contributed by atoms with E-state index >= 15 is 0 Å². The Kier molecular flexibility index (Phi) is 3.10. The minimum absolute atomic E-state index is 0.242. The van der Waals surface area contributed by atoms with Gasteiger partial charge in [0.05, 0.1) is 6.61 Å². The predicted molar refractivity (Wildman–Crippen MR) is 55.9 cm³/mol. The molecule has 0 saturated heterocycles. The monoisotopic (exact) mass is 178 g/mol.